The van der Waals surface area contributed by atoms with Crippen LogP contribution in [0.1, 0.15) is 21.9 Å². The van der Waals surface area contributed by atoms with Crippen LogP contribution in [0.2, 0.25) is 0 Å². The molecule has 1 aromatic carbocycles. The maximum Gasteiger partial charge on any atom is 0.269 e. The van der Waals surface area contributed by atoms with Gasteiger partial charge in [0.05, 0.1) is 18.5 Å². The maximum atomic E-state index is 12.6. The molecule has 0 unspecified atom stereocenters. The van der Waals surface area contributed by atoms with Gasteiger partial charge in [0.25, 0.3) is 5.91 Å². The highest BCUT2D eigenvalue weighted by Gasteiger charge is 2.14. The van der Waals surface area contributed by atoms with E-state index < -0.39 is 0 Å². The molecule has 10 nitrogen and oxygen atoms in total. The SMILES string of the molecule is COc1cccc(-c2cc(C(=O)NCCNc3ccc(-n4nc(C)cc4C)nn3)n(C)n2)c1. The minimum atomic E-state index is -0.202. The van der Waals surface area contributed by atoms with Gasteiger partial charge in [0.2, 0.25) is 0 Å². The molecule has 0 aliphatic rings. The van der Waals surface area contributed by atoms with Gasteiger partial charge in [0, 0.05) is 31.4 Å². The zero-order chi connectivity index (χ0) is 23.4. The van der Waals surface area contributed by atoms with E-state index in [-0.39, 0.29) is 5.91 Å². The van der Waals surface area contributed by atoms with Crippen molar-refractivity contribution in [3.8, 4) is 22.8 Å². The molecule has 0 aliphatic heterocycles. The summed E-state index contributed by atoms with van der Waals surface area (Å²) < 4.78 is 8.58. The van der Waals surface area contributed by atoms with Gasteiger partial charge < -0.3 is 15.4 Å². The van der Waals surface area contributed by atoms with Crippen LogP contribution in [0.25, 0.3) is 17.1 Å². The van der Waals surface area contributed by atoms with E-state index in [0.29, 0.717) is 36.1 Å². The third-order valence-corrected chi connectivity index (χ3v) is 5.07. The van der Waals surface area contributed by atoms with E-state index in [1.165, 1.54) is 0 Å². The number of carbonyl (C=O) groups is 1. The van der Waals surface area contributed by atoms with Crippen LogP contribution in [0, 0.1) is 13.8 Å². The molecular formula is C23H26N8O2. The summed E-state index contributed by atoms with van der Waals surface area (Å²) in [6, 6.07) is 15.0. The molecule has 3 heterocycles. The molecule has 2 N–H and O–H groups in total. The van der Waals surface area contributed by atoms with Gasteiger partial charge in [-0.25, -0.2) is 4.68 Å². The first kappa shape index (κ1) is 22.0. The van der Waals surface area contributed by atoms with Gasteiger partial charge in [0.1, 0.15) is 17.3 Å². The Labute approximate surface area is 191 Å². The Morgan fingerprint density at radius 1 is 1.03 bits per heavy atom. The second kappa shape index (κ2) is 9.51. The molecule has 0 bridgehead atoms. The Morgan fingerprint density at radius 2 is 1.88 bits per heavy atom. The zero-order valence-corrected chi connectivity index (χ0v) is 19.0. The summed E-state index contributed by atoms with van der Waals surface area (Å²) in [6.07, 6.45) is 0. The number of rotatable bonds is 8. The quantitative estimate of drug-likeness (QED) is 0.400. The van der Waals surface area contributed by atoms with E-state index >= 15 is 0 Å². The van der Waals surface area contributed by atoms with Gasteiger partial charge >= 0.3 is 0 Å². The highest BCUT2D eigenvalue weighted by Crippen LogP contribution is 2.23. The van der Waals surface area contributed by atoms with Crippen molar-refractivity contribution in [1.82, 2.24) is 35.1 Å². The number of methoxy groups -OCH3 is 1. The summed E-state index contributed by atoms with van der Waals surface area (Å²) in [5.74, 6) is 1.81. The molecule has 0 spiro atoms. The Hall–Kier alpha value is -4.21. The number of benzene rings is 1. The van der Waals surface area contributed by atoms with Crippen molar-refractivity contribution >= 4 is 11.7 Å². The number of amides is 1. The molecule has 4 aromatic rings. The van der Waals surface area contributed by atoms with Crippen molar-refractivity contribution in [2.45, 2.75) is 13.8 Å². The molecule has 0 saturated heterocycles. The third kappa shape index (κ3) is 5.00. The first-order chi connectivity index (χ1) is 15.9. The van der Waals surface area contributed by atoms with Crippen molar-refractivity contribution in [2.75, 3.05) is 25.5 Å². The molecule has 3 aromatic heterocycles. The van der Waals surface area contributed by atoms with Crippen LogP contribution < -0.4 is 15.4 Å². The van der Waals surface area contributed by atoms with Gasteiger partial charge in [-0.05, 0) is 50.2 Å². The number of nitrogens with one attached hydrogen (secondary N) is 2. The van der Waals surface area contributed by atoms with Crippen LogP contribution in [-0.2, 0) is 7.05 Å². The first-order valence-corrected chi connectivity index (χ1v) is 10.5. The standard InChI is InChI=1S/C23H26N8O2/c1-15-12-16(2)31(28-15)22-9-8-21(26-27-22)24-10-11-25-23(32)20-14-19(29-30(20)3)17-6-5-7-18(13-17)33-4/h5-9,12-14H,10-11H2,1-4H3,(H,24,26)(H,25,32). The molecule has 0 radical (unpaired) electrons. The number of hydrogen-bond donors (Lipinski definition) is 2. The summed E-state index contributed by atoms with van der Waals surface area (Å²) in [6.45, 7) is 4.82. The molecule has 0 saturated carbocycles. The Kier molecular flexibility index (Phi) is 6.34. The van der Waals surface area contributed by atoms with Crippen LogP contribution in [0.15, 0.2) is 48.5 Å². The lowest BCUT2D eigenvalue weighted by atomic mass is 10.1. The van der Waals surface area contributed by atoms with E-state index in [9.17, 15) is 4.79 Å². The van der Waals surface area contributed by atoms with Crippen LogP contribution >= 0.6 is 0 Å². The lowest BCUT2D eigenvalue weighted by molar-refractivity contribution is 0.0946. The molecule has 0 atom stereocenters. The van der Waals surface area contributed by atoms with Gasteiger partial charge in [0.15, 0.2) is 5.82 Å². The van der Waals surface area contributed by atoms with E-state index in [1.807, 2.05) is 56.3 Å². The van der Waals surface area contributed by atoms with Crippen LogP contribution in [0.3, 0.4) is 0 Å². The molecule has 0 fully saturated rings. The maximum absolute atomic E-state index is 12.6. The molecule has 0 aliphatic carbocycles. The highest BCUT2D eigenvalue weighted by atomic mass is 16.5. The van der Waals surface area contributed by atoms with Crippen LogP contribution in [0.5, 0.6) is 5.75 Å². The number of hydrogen-bond acceptors (Lipinski definition) is 7. The lowest BCUT2D eigenvalue weighted by Gasteiger charge is -2.08. The monoisotopic (exact) mass is 446 g/mol. The number of aryl methyl sites for hydroxylation is 3. The summed E-state index contributed by atoms with van der Waals surface area (Å²) in [7, 11) is 3.36. The summed E-state index contributed by atoms with van der Waals surface area (Å²) >= 11 is 0. The fourth-order valence-corrected chi connectivity index (χ4v) is 3.45. The smallest absolute Gasteiger partial charge is 0.269 e. The zero-order valence-electron chi connectivity index (χ0n) is 19.0. The summed E-state index contributed by atoms with van der Waals surface area (Å²) in [5, 5.41) is 23.3. The lowest BCUT2D eigenvalue weighted by Crippen LogP contribution is -2.30. The predicted octanol–water partition coefficient (Wildman–Crippen LogP) is 2.53. The molecular weight excluding hydrogens is 420 g/mol. The number of nitrogens with zero attached hydrogens (tertiary/aromatic N) is 6. The normalized spacial score (nSPS) is 10.8. The van der Waals surface area contributed by atoms with Crippen molar-refractivity contribution in [3.63, 3.8) is 0 Å². The molecule has 33 heavy (non-hydrogen) atoms. The van der Waals surface area contributed by atoms with E-state index in [1.54, 1.807) is 29.6 Å². The van der Waals surface area contributed by atoms with Crippen molar-refractivity contribution in [3.05, 3.63) is 65.6 Å². The van der Waals surface area contributed by atoms with E-state index in [2.05, 4.69) is 31.0 Å². The van der Waals surface area contributed by atoms with Crippen molar-refractivity contribution in [1.29, 1.82) is 0 Å². The number of carbonyl (C=O) groups excluding carboxylic acids is 1. The fraction of sp³-hybridized carbons (Fsp3) is 0.261. The van der Waals surface area contributed by atoms with Gasteiger partial charge in [-0.3, -0.25) is 9.48 Å². The third-order valence-electron chi connectivity index (χ3n) is 5.07. The van der Waals surface area contributed by atoms with Crippen LogP contribution in [-0.4, -0.2) is 55.9 Å². The van der Waals surface area contributed by atoms with Crippen molar-refractivity contribution < 1.29 is 9.53 Å². The second-order valence-corrected chi connectivity index (χ2v) is 7.57. The van der Waals surface area contributed by atoms with Gasteiger partial charge in [-0.15, -0.1) is 10.2 Å². The largest absolute Gasteiger partial charge is 0.497 e. The van der Waals surface area contributed by atoms with Gasteiger partial charge in [-0.2, -0.15) is 10.2 Å². The summed E-state index contributed by atoms with van der Waals surface area (Å²) in [4.78, 5) is 12.6. The Balaban J connectivity index is 1.31. The second-order valence-electron chi connectivity index (χ2n) is 7.57. The molecule has 4 rings (SSSR count). The van der Waals surface area contributed by atoms with Crippen molar-refractivity contribution in [2.24, 2.45) is 7.05 Å². The molecule has 1 amide bonds. The van der Waals surface area contributed by atoms with E-state index in [4.69, 9.17) is 4.74 Å². The number of ether oxygens (including phenoxy) is 1. The average Bonchev–Trinajstić information content (AvgIpc) is 3.38. The number of aromatic nitrogens is 6. The summed E-state index contributed by atoms with van der Waals surface area (Å²) in [5.41, 5.74) is 3.99. The topological polar surface area (TPSA) is 112 Å². The molecule has 170 valence electrons. The Morgan fingerprint density at radius 3 is 2.58 bits per heavy atom. The first-order valence-electron chi connectivity index (χ1n) is 10.5. The predicted molar refractivity (Wildman–Crippen MR) is 125 cm³/mol. The minimum Gasteiger partial charge on any atom is -0.497 e. The average molecular weight is 447 g/mol. The van der Waals surface area contributed by atoms with Gasteiger partial charge in [-0.1, -0.05) is 12.1 Å². The highest BCUT2D eigenvalue weighted by molar-refractivity contribution is 5.93. The number of anilines is 1. The Bertz CT molecular complexity index is 1260. The van der Waals surface area contributed by atoms with E-state index in [0.717, 1.165) is 22.7 Å². The van der Waals surface area contributed by atoms with Crippen LogP contribution in [0.4, 0.5) is 5.82 Å². The fourth-order valence-electron chi connectivity index (χ4n) is 3.45. The minimum absolute atomic E-state index is 0.202. The molecule has 10 heteroatoms.